The Hall–Kier alpha value is -7.41. The van der Waals surface area contributed by atoms with Crippen molar-refractivity contribution < 1.29 is 38.2 Å². The summed E-state index contributed by atoms with van der Waals surface area (Å²) in [6.07, 6.45) is 15.2. The molecule has 5 amide bonds. The number of likely N-dealkylation sites (tertiary alicyclic amines) is 2. The van der Waals surface area contributed by atoms with E-state index in [1.807, 2.05) is 25.3 Å². The molecule has 3 fully saturated rings. The van der Waals surface area contributed by atoms with Gasteiger partial charge in [-0.1, -0.05) is 36.4 Å². The van der Waals surface area contributed by atoms with E-state index in [2.05, 4.69) is 75.7 Å². The van der Waals surface area contributed by atoms with Crippen LogP contribution in [0, 0.1) is 25.7 Å². The minimum atomic E-state index is -1.22. The quantitative estimate of drug-likeness (QED) is 0.115. The van der Waals surface area contributed by atoms with Crippen molar-refractivity contribution in [2.45, 2.75) is 91.2 Å². The molecule has 5 aliphatic heterocycles. The minimum Gasteiger partial charge on any atom is -0.444 e. The fraction of sp³-hybridized carbons (Fsp3) is 0.463. The van der Waals surface area contributed by atoms with Crippen molar-refractivity contribution in [3.05, 3.63) is 101 Å². The van der Waals surface area contributed by atoms with E-state index in [9.17, 15) is 28.8 Å². The van der Waals surface area contributed by atoms with Crippen molar-refractivity contribution in [3.8, 4) is 0 Å². The fourth-order valence-electron chi connectivity index (χ4n) is 10.2. The van der Waals surface area contributed by atoms with E-state index in [1.165, 1.54) is 4.90 Å². The van der Waals surface area contributed by atoms with E-state index in [-0.39, 0.29) is 24.0 Å². The van der Waals surface area contributed by atoms with Crippen LogP contribution in [-0.2, 0) is 30.9 Å². The summed E-state index contributed by atoms with van der Waals surface area (Å²) in [5, 5.41) is 12.4. The average molecular weight is 996 g/mol. The summed E-state index contributed by atoms with van der Waals surface area (Å²) in [4.78, 5) is 97.6. The number of para-hydroxylation sites is 1. The lowest BCUT2D eigenvalue weighted by atomic mass is 9.95. The maximum Gasteiger partial charge on any atom is 0.410 e. The van der Waals surface area contributed by atoms with Gasteiger partial charge in [0.2, 0.25) is 11.9 Å². The number of nitrogens with one attached hydrogen (secondary N) is 2. The Bertz CT molecular complexity index is 2880. The molecule has 2 aromatic heterocycles. The van der Waals surface area contributed by atoms with E-state index in [0.717, 1.165) is 95.4 Å². The maximum atomic E-state index is 14.0. The Kier molecular flexibility index (Phi) is 14.8. The third-order valence-electron chi connectivity index (χ3n) is 14.3. The summed E-state index contributed by atoms with van der Waals surface area (Å²) in [6.45, 7) is 13.7. The van der Waals surface area contributed by atoms with Gasteiger partial charge in [-0.25, -0.2) is 19.4 Å². The Morgan fingerprint density at radius 1 is 0.863 bits per heavy atom. The highest BCUT2D eigenvalue weighted by Crippen LogP contribution is 2.34. The van der Waals surface area contributed by atoms with Crippen LogP contribution in [0.4, 0.5) is 27.9 Å². The molecular weight excluding hydrogens is 931 g/mol. The van der Waals surface area contributed by atoms with Gasteiger partial charge in [0.05, 0.1) is 22.4 Å². The molecule has 4 aromatic rings. The van der Waals surface area contributed by atoms with Crippen LogP contribution in [-0.4, -0.2) is 139 Å². The number of amides is 5. The van der Waals surface area contributed by atoms with E-state index in [0.29, 0.717) is 49.3 Å². The summed E-state index contributed by atoms with van der Waals surface area (Å²) in [7, 11) is 1.88. The standard InChI is InChI=1S/C54H65N11O8/c1-34-12-10-13-35(2)45(34)57-46-42-31-55-52(58-47(42)60(6)59-46)56-38-14-8-7-9-24-61(25-11-15-38)32-36-20-26-62(27-21-36)39-16-17-40-41(30-39)49(68)65(48(40)67)43-18-19-44(66)64(50(43)69)33-72-51(70)37-22-28-63(29-23-37)53(71)73-54(3,4)5/h7-8,10-17,30-31,36-37,43H,9,18-29,32-33H2,1-6H3,(H,57,59)(H,55,56,58)/b8-7+,15-11+,38-14+. The normalized spacial score (nSPS) is 21.2. The van der Waals surface area contributed by atoms with Crippen molar-refractivity contribution >= 4 is 69.9 Å². The Morgan fingerprint density at radius 3 is 2.34 bits per heavy atom. The van der Waals surface area contributed by atoms with Gasteiger partial charge < -0.3 is 29.9 Å². The number of benzene rings is 2. The van der Waals surface area contributed by atoms with Crippen LogP contribution < -0.4 is 15.5 Å². The third kappa shape index (κ3) is 11.3. The lowest BCUT2D eigenvalue weighted by Gasteiger charge is -2.36. The molecule has 1 atom stereocenters. The predicted octanol–water partition coefficient (Wildman–Crippen LogP) is 7.02. The van der Waals surface area contributed by atoms with E-state index in [4.69, 9.17) is 19.6 Å². The molecule has 3 saturated heterocycles. The van der Waals surface area contributed by atoms with Crippen LogP contribution in [0.2, 0.25) is 0 Å². The van der Waals surface area contributed by atoms with E-state index in [1.54, 1.807) is 43.8 Å². The van der Waals surface area contributed by atoms with Crippen molar-refractivity contribution in [1.29, 1.82) is 0 Å². The first-order chi connectivity index (χ1) is 35.0. The second kappa shape index (κ2) is 21.4. The number of hydrogen-bond acceptors (Lipinski definition) is 15. The Morgan fingerprint density at radius 2 is 1.60 bits per heavy atom. The van der Waals surface area contributed by atoms with Gasteiger partial charge in [-0.15, -0.1) is 0 Å². The lowest BCUT2D eigenvalue weighted by Crippen LogP contribution is -2.56. The molecule has 9 rings (SSSR count). The predicted molar refractivity (Wildman–Crippen MR) is 275 cm³/mol. The van der Waals surface area contributed by atoms with Gasteiger partial charge in [0.15, 0.2) is 18.2 Å². The molecule has 0 bridgehead atoms. The number of carbonyl (C=O) groups is 6. The first-order valence-corrected chi connectivity index (χ1v) is 25.3. The van der Waals surface area contributed by atoms with Gasteiger partial charge in [0.25, 0.3) is 17.7 Å². The number of aryl methyl sites for hydroxylation is 3. The first-order valence-electron chi connectivity index (χ1n) is 25.3. The van der Waals surface area contributed by atoms with Gasteiger partial charge in [0.1, 0.15) is 11.6 Å². The van der Waals surface area contributed by atoms with Crippen LogP contribution in [0.3, 0.4) is 0 Å². The molecule has 0 radical (unpaired) electrons. The van der Waals surface area contributed by atoms with Gasteiger partial charge in [-0.05, 0) is 121 Å². The van der Waals surface area contributed by atoms with Crippen LogP contribution in [0.5, 0.6) is 0 Å². The molecule has 19 nitrogen and oxygen atoms in total. The number of imide groups is 2. The summed E-state index contributed by atoms with van der Waals surface area (Å²) >= 11 is 0. The van der Waals surface area contributed by atoms with Crippen molar-refractivity contribution in [2.75, 3.05) is 68.1 Å². The second-order valence-electron chi connectivity index (χ2n) is 20.6. The van der Waals surface area contributed by atoms with Crippen LogP contribution in [0.15, 0.2) is 78.7 Å². The molecule has 0 spiro atoms. The first kappa shape index (κ1) is 50.5. The lowest BCUT2D eigenvalue weighted by molar-refractivity contribution is -0.166. The van der Waals surface area contributed by atoms with Gasteiger partial charge >= 0.3 is 12.1 Å². The number of allylic oxidation sites excluding steroid dienone is 3. The number of esters is 1. The number of hydrogen-bond donors (Lipinski definition) is 2. The van der Waals surface area contributed by atoms with Gasteiger partial charge in [0, 0.05) is 82.6 Å². The Balaban J connectivity index is 0.754. The zero-order valence-electron chi connectivity index (χ0n) is 42.6. The van der Waals surface area contributed by atoms with Crippen molar-refractivity contribution in [3.63, 3.8) is 0 Å². The summed E-state index contributed by atoms with van der Waals surface area (Å²) < 4.78 is 12.7. The molecular formula is C54H65N11O8. The van der Waals surface area contributed by atoms with Crippen LogP contribution in [0.1, 0.15) is 97.6 Å². The number of nitrogens with zero attached hydrogens (tertiary/aromatic N) is 9. The number of rotatable bonds is 11. The van der Waals surface area contributed by atoms with Crippen LogP contribution >= 0.6 is 0 Å². The van der Waals surface area contributed by atoms with Gasteiger partial charge in [-0.3, -0.25) is 33.8 Å². The van der Waals surface area contributed by atoms with Crippen molar-refractivity contribution in [1.82, 2.24) is 39.3 Å². The van der Waals surface area contributed by atoms with Crippen LogP contribution in [0.25, 0.3) is 11.0 Å². The molecule has 384 valence electrons. The minimum absolute atomic E-state index is 0.0259. The highest BCUT2D eigenvalue weighted by atomic mass is 16.6. The molecule has 73 heavy (non-hydrogen) atoms. The number of anilines is 4. The van der Waals surface area contributed by atoms with Crippen molar-refractivity contribution in [2.24, 2.45) is 18.9 Å². The zero-order valence-corrected chi connectivity index (χ0v) is 42.6. The van der Waals surface area contributed by atoms with E-state index < -0.39 is 60.0 Å². The smallest absolute Gasteiger partial charge is 0.410 e. The molecule has 1 unspecified atom stereocenters. The highest BCUT2D eigenvalue weighted by molar-refractivity contribution is 6.23. The zero-order chi connectivity index (χ0) is 51.6. The topological polar surface area (TPSA) is 205 Å². The maximum absolute atomic E-state index is 14.0. The number of carbonyl (C=O) groups excluding carboxylic acids is 6. The SMILES string of the molecule is Cc1cccc(C)c1Nc1nn(C)c2nc(NC3=C/C=C/CCN(CC4CCN(c5ccc6c(c5)C(=O)N(C5CCC(=O)N(COC(=O)C7CCN(C(=O)OC(C)(C)C)CC7)C5=O)C6=O)CC4)C\C=C\3)ncc12. The number of aromatic nitrogens is 4. The van der Waals surface area contributed by atoms with E-state index >= 15 is 0 Å². The number of piperidine rings is 3. The molecule has 2 aromatic carbocycles. The average Bonchev–Trinajstić information content (AvgIpc) is 3.81. The monoisotopic (exact) mass is 996 g/mol. The largest absolute Gasteiger partial charge is 0.444 e. The molecule has 0 saturated carbocycles. The number of ether oxygens (including phenoxy) is 2. The molecule has 5 aliphatic rings. The van der Waals surface area contributed by atoms with Gasteiger partial charge in [-0.2, -0.15) is 10.1 Å². The fourth-order valence-corrected chi connectivity index (χ4v) is 10.2. The molecule has 19 heteroatoms. The Labute approximate surface area is 425 Å². The summed E-state index contributed by atoms with van der Waals surface area (Å²) in [6, 6.07) is 10.2. The number of fused-ring (bicyclic) bond motifs is 2. The molecule has 0 aliphatic carbocycles. The third-order valence-corrected chi connectivity index (χ3v) is 14.3. The molecule has 2 N–H and O–H groups in total. The summed E-state index contributed by atoms with van der Waals surface area (Å²) in [5.41, 5.74) is 5.48. The molecule has 7 heterocycles. The highest BCUT2D eigenvalue weighted by Gasteiger charge is 2.48. The summed E-state index contributed by atoms with van der Waals surface area (Å²) in [5.74, 6) is -1.98. The second-order valence-corrected chi connectivity index (χ2v) is 20.6.